The normalized spacial score (nSPS) is 10.9. The van der Waals surface area contributed by atoms with Crippen LogP contribution in [0.25, 0.3) is 0 Å². The first kappa shape index (κ1) is 20.2. The number of benzene rings is 1. The number of urea groups is 1. The van der Waals surface area contributed by atoms with Gasteiger partial charge in [-0.25, -0.2) is 9.18 Å². The predicted octanol–water partition coefficient (Wildman–Crippen LogP) is 3.56. The number of pyridine rings is 1. The number of carboxylic acid groups (broad SMARTS) is 1. The van der Waals surface area contributed by atoms with Gasteiger partial charge in [0.2, 0.25) is 0 Å². The molecule has 7 nitrogen and oxygen atoms in total. The van der Waals surface area contributed by atoms with Gasteiger partial charge >= 0.3 is 12.0 Å². The molecule has 0 atom stereocenters. The maximum atomic E-state index is 14.2. The third kappa shape index (κ3) is 6.93. The zero-order chi connectivity index (χ0) is 19.9. The quantitative estimate of drug-likeness (QED) is 0.655. The Kier molecular flexibility index (Phi) is 6.70. The molecular formula is C19H22FN3O4. The largest absolute Gasteiger partial charge is 0.484 e. The van der Waals surface area contributed by atoms with Crippen LogP contribution in [0.1, 0.15) is 32.4 Å². The zero-order valence-electron chi connectivity index (χ0n) is 15.2. The number of nitrogens with zero attached hydrogens (tertiary/aromatic N) is 1. The summed E-state index contributed by atoms with van der Waals surface area (Å²) in [6, 6.07) is 8.89. The van der Waals surface area contributed by atoms with Crippen molar-refractivity contribution in [1.29, 1.82) is 0 Å². The number of nitrogens with one attached hydrogen (secondary N) is 2. The van der Waals surface area contributed by atoms with E-state index in [9.17, 15) is 14.0 Å². The molecule has 0 radical (unpaired) electrons. The molecule has 0 aliphatic heterocycles. The smallest absolute Gasteiger partial charge is 0.319 e. The zero-order valence-corrected chi connectivity index (χ0v) is 15.2. The minimum absolute atomic E-state index is 0.0494. The number of ether oxygens (including phenoxy) is 1. The molecule has 0 saturated carbocycles. The van der Waals surface area contributed by atoms with Gasteiger partial charge in [-0.3, -0.25) is 9.78 Å². The second kappa shape index (κ2) is 8.98. The van der Waals surface area contributed by atoms with Crippen LogP contribution in [0.2, 0.25) is 0 Å². The molecule has 0 unspecified atom stereocenters. The van der Waals surface area contributed by atoms with Crippen LogP contribution < -0.4 is 15.4 Å². The predicted molar refractivity (Wildman–Crippen MR) is 98.1 cm³/mol. The third-order valence-electron chi connectivity index (χ3n) is 3.71. The highest BCUT2D eigenvalue weighted by atomic mass is 19.1. The van der Waals surface area contributed by atoms with Crippen molar-refractivity contribution in [2.45, 2.75) is 38.8 Å². The fraction of sp³-hybridized carbons (Fsp3) is 0.316. The van der Waals surface area contributed by atoms with Crippen molar-refractivity contribution >= 4 is 17.7 Å². The molecule has 27 heavy (non-hydrogen) atoms. The molecule has 3 N–H and O–H groups in total. The van der Waals surface area contributed by atoms with E-state index < -0.39 is 23.4 Å². The number of anilines is 1. The second-order valence-electron chi connectivity index (χ2n) is 6.61. The molecular weight excluding hydrogens is 353 g/mol. The summed E-state index contributed by atoms with van der Waals surface area (Å²) in [6.07, 6.45) is 1.83. The summed E-state index contributed by atoms with van der Waals surface area (Å²) in [5.74, 6) is -1.50. The van der Waals surface area contributed by atoms with Gasteiger partial charge in [-0.15, -0.1) is 0 Å². The molecule has 0 bridgehead atoms. The van der Waals surface area contributed by atoms with Crippen molar-refractivity contribution in [1.82, 2.24) is 10.3 Å². The maximum absolute atomic E-state index is 14.2. The standard InChI is InChI=1S/C19H22FN3O4/c1-19(2,9-8-17(24)25)23-18(26)22-13-6-7-16(15(20)11-13)27-12-14-5-3-4-10-21-14/h3-7,10-11H,8-9,12H2,1-2H3,(H,24,25)(H2,22,23,26). The molecule has 0 saturated heterocycles. The Hall–Kier alpha value is -3.16. The van der Waals surface area contributed by atoms with Gasteiger partial charge in [-0.1, -0.05) is 6.07 Å². The number of hydrogen-bond acceptors (Lipinski definition) is 4. The van der Waals surface area contributed by atoms with Crippen molar-refractivity contribution in [3.8, 4) is 5.75 Å². The highest BCUT2D eigenvalue weighted by Gasteiger charge is 2.21. The molecule has 2 amide bonds. The van der Waals surface area contributed by atoms with Crippen LogP contribution in [0.15, 0.2) is 42.6 Å². The Morgan fingerprint density at radius 2 is 2.04 bits per heavy atom. The topological polar surface area (TPSA) is 101 Å². The van der Waals surface area contributed by atoms with Gasteiger partial charge in [0.25, 0.3) is 0 Å². The van der Waals surface area contributed by atoms with Crippen LogP contribution in [0.5, 0.6) is 5.75 Å². The van der Waals surface area contributed by atoms with Gasteiger partial charge in [0.15, 0.2) is 11.6 Å². The number of carbonyl (C=O) groups excluding carboxylic acids is 1. The number of rotatable bonds is 8. The SMILES string of the molecule is CC(C)(CCC(=O)O)NC(=O)Nc1ccc(OCc2ccccn2)c(F)c1. The first-order valence-corrected chi connectivity index (χ1v) is 8.38. The minimum Gasteiger partial charge on any atom is -0.484 e. The Bertz CT molecular complexity index is 797. The molecule has 1 aromatic carbocycles. The van der Waals surface area contributed by atoms with Crippen LogP contribution >= 0.6 is 0 Å². The average molecular weight is 375 g/mol. The van der Waals surface area contributed by atoms with E-state index in [2.05, 4.69) is 15.6 Å². The first-order chi connectivity index (χ1) is 12.7. The van der Waals surface area contributed by atoms with Gasteiger partial charge < -0.3 is 20.5 Å². The number of carbonyl (C=O) groups is 2. The fourth-order valence-corrected chi connectivity index (χ4v) is 2.28. The van der Waals surface area contributed by atoms with Gasteiger partial charge in [0, 0.05) is 29.9 Å². The van der Waals surface area contributed by atoms with Crippen LogP contribution in [-0.2, 0) is 11.4 Å². The first-order valence-electron chi connectivity index (χ1n) is 8.38. The lowest BCUT2D eigenvalue weighted by Crippen LogP contribution is -2.45. The van der Waals surface area contributed by atoms with Gasteiger partial charge in [0.05, 0.1) is 5.69 Å². The Labute approximate surface area is 156 Å². The van der Waals surface area contributed by atoms with E-state index in [-0.39, 0.29) is 30.9 Å². The Morgan fingerprint density at radius 1 is 1.26 bits per heavy atom. The number of hydrogen-bond donors (Lipinski definition) is 3. The second-order valence-corrected chi connectivity index (χ2v) is 6.61. The lowest BCUT2D eigenvalue weighted by atomic mass is 9.99. The van der Waals surface area contributed by atoms with E-state index in [0.717, 1.165) is 6.07 Å². The number of carboxylic acids is 1. The van der Waals surface area contributed by atoms with Gasteiger partial charge in [-0.2, -0.15) is 0 Å². The third-order valence-corrected chi connectivity index (χ3v) is 3.71. The Morgan fingerprint density at radius 3 is 2.67 bits per heavy atom. The van der Waals surface area contributed by atoms with Crippen LogP contribution in [0, 0.1) is 5.82 Å². The van der Waals surface area contributed by atoms with Gasteiger partial charge in [0.1, 0.15) is 6.61 Å². The molecule has 0 spiro atoms. The van der Waals surface area contributed by atoms with E-state index in [1.165, 1.54) is 12.1 Å². The average Bonchev–Trinajstić information content (AvgIpc) is 2.60. The molecule has 144 valence electrons. The van der Waals surface area contributed by atoms with Crippen LogP contribution in [0.4, 0.5) is 14.9 Å². The molecule has 2 aromatic rings. The molecule has 2 rings (SSSR count). The number of aromatic nitrogens is 1. The summed E-state index contributed by atoms with van der Waals surface area (Å²) in [6.45, 7) is 3.55. The van der Waals surface area contributed by atoms with E-state index >= 15 is 0 Å². The summed E-state index contributed by atoms with van der Waals surface area (Å²) in [7, 11) is 0. The van der Waals surface area contributed by atoms with Crippen molar-refractivity contribution in [2.24, 2.45) is 0 Å². The monoisotopic (exact) mass is 375 g/mol. The molecule has 1 heterocycles. The molecule has 8 heteroatoms. The highest BCUT2D eigenvalue weighted by molar-refractivity contribution is 5.89. The van der Waals surface area contributed by atoms with Crippen molar-refractivity contribution in [3.05, 3.63) is 54.1 Å². The van der Waals surface area contributed by atoms with E-state index in [0.29, 0.717) is 5.69 Å². The number of halogens is 1. The lowest BCUT2D eigenvalue weighted by molar-refractivity contribution is -0.137. The fourth-order valence-electron chi connectivity index (χ4n) is 2.28. The van der Waals surface area contributed by atoms with Crippen molar-refractivity contribution in [3.63, 3.8) is 0 Å². The molecule has 1 aromatic heterocycles. The summed E-state index contributed by atoms with van der Waals surface area (Å²) < 4.78 is 19.6. The molecule has 0 fully saturated rings. The van der Waals surface area contributed by atoms with Crippen LogP contribution in [-0.4, -0.2) is 27.6 Å². The summed E-state index contributed by atoms with van der Waals surface area (Å²) >= 11 is 0. The number of aliphatic carboxylic acids is 1. The maximum Gasteiger partial charge on any atom is 0.319 e. The highest BCUT2D eigenvalue weighted by Crippen LogP contribution is 2.22. The minimum atomic E-state index is -0.936. The summed E-state index contributed by atoms with van der Waals surface area (Å²) in [5.41, 5.74) is 0.207. The molecule has 0 aliphatic carbocycles. The molecule has 0 aliphatic rings. The van der Waals surface area contributed by atoms with Gasteiger partial charge in [-0.05, 0) is 44.5 Å². The Balaban J connectivity index is 1.90. The lowest BCUT2D eigenvalue weighted by Gasteiger charge is -2.25. The van der Waals surface area contributed by atoms with E-state index in [1.807, 2.05) is 6.07 Å². The van der Waals surface area contributed by atoms with E-state index in [1.54, 1.807) is 32.2 Å². The summed E-state index contributed by atoms with van der Waals surface area (Å²) in [5, 5.41) is 13.9. The van der Waals surface area contributed by atoms with Crippen LogP contribution in [0.3, 0.4) is 0 Å². The van der Waals surface area contributed by atoms with Crippen molar-refractivity contribution in [2.75, 3.05) is 5.32 Å². The summed E-state index contributed by atoms with van der Waals surface area (Å²) in [4.78, 5) is 26.8. The van der Waals surface area contributed by atoms with Crippen molar-refractivity contribution < 1.29 is 23.8 Å². The number of amides is 2. The van der Waals surface area contributed by atoms with E-state index in [4.69, 9.17) is 9.84 Å².